The summed E-state index contributed by atoms with van der Waals surface area (Å²) >= 11 is 0. The van der Waals surface area contributed by atoms with E-state index in [0.29, 0.717) is 26.1 Å². The van der Waals surface area contributed by atoms with Crippen molar-refractivity contribution in [2.75, 3.05) is 27.1 Å². The average molecular weight is 773 g/mol. The van der Waals surface area contributed by atoms with Crippen LogP contribution in [0.4, 0.5) is 0 Å². The summed E-state index contributed by atoms with van der Waals surface area (Å²) in [6, 6.07) is 6.75. The molecule has 7 atom stereocenters. The van der Waals surface area contributed by atoms with Crippen molar-refractivity contribution in [3.05, 3.63) is 29.8 Å². The lowest BCUT2D eigenvalue weighted by Gasteiger charge is -2.36. The maximum absolute atomic E-state index is 13.3. The van der Waals surface area contributed by atoms with E-state index in [1.54, 1.807) is 31.4 Å². The number of hydrogen-bond acceptors (Lipinski definition) is 10. The molecule has 3 rings (SSSR count). The van der Waals surface area contributed by atoms with Crippen molar-refractivity contribution in [3.8, 4) is 0 Å². The van der Waals surface area contributed by atoms with Gasteiger partial charge in [0.15, 0.2) is 8.32 Å². The monoisotopic (exact) mass is 772 g/mol. The maximum atomic E-state index is 13.3. The minimum absolute atomic E-state index is 0.157. The smallest absolute Gasteiger partial charge is 0.297 e. The molecule has 10 nitrogen and oxygen atoms in total. The number of ether oxygens (including phenoxy) is 4. The van der Waals surface area contributed by atoms with Gasteiger partial charge < -0.3 is 33.6 Å². The number of aryl methyl sites for hydroxylation is 1. The van der Waals surface area contributed by atoms with Gasteiger partial charge in [0.2, 0.25) is 0 Å². The quantitative estimate of drug-likeness (QED) is 0.0411. The third-order valence-corrected chi connectivity index (χ3v) is 17.2. The van der Waals surface area contributed by atoms with Gasteiger partial charge in [-0.2, -0.15) is 8.42 Å². The summed E-state index contributed by atoms with van der Waals surface area (Å²) in [5.74, 6) is 0. The van der Waals surface area contributed by atoms with Crippen LogP contribution in [0.3, 0.4) is 0 Å². The van der Waals surface area contributed by atoms with Gasteiger partial charge in [0, 0.05) is 13.7 Å². The van der Waals surface area contributed by atoms with Crippen LogP contribution in [0.2, 0.25) is 18.1 Å². The van der Waals surface area contributed by atoms with Gasteiger partial charge in [-0.1, -0.05) is 89.8 Å². The molecule has 52 heavy (non-hydrogen) atoms. The molecule has 2 saturated heterocycles. The standard InChI is InChI=1S/C40H72O10SSi/c1-31-20-22-33(23-21-31)51(43,44)50-39(38-27-26-37(49-38)36-25-24-35(48-36)34(42)29-41)19-15-13-11-9-8-10-12-14-17-32(46-30-45-5)18-16-28-47-52(6,7)40(2,3)4/h20-23,32,34-39,41-42H,8-19,24-30H2,1-7H3/t32-,34+,35-,36-,37-,38-,39-/m1/s1. The minimum Gasteiger partial charge on any atom is -0.417 e. The fourth-order valence-corrected chi connectivity index (χ4v) is 9.14. The van der Waals surface area contributed by atoms with E-state index in [4.69, 9.17) is 27.6 Å². The molecule has 2 heterocycles. The molecular weight excluding hydrogens is 701 g/mol. The molecule has 0 aromatic heterocycles. The molecule has 0 radical (unpaired) electrons. The van der Waals surface area contributed by atoms with E-state index in [0.717, 1.165) is 76.4 Å². The second-order valence-electron chi connectivity index (χ2n) is 16.6. The van der Waals surface area contributed by atoms with Gasteiger partial charge in [-0.3, -0.25) is 4.18 Å². The molecular formula is C40H72O10SSi. The molecule has 302 valence electrons. The highest BCUT2D eigenvalue weighted by Gasteiger charge is 2.42. The predicted molar refractivity (Wildman–Crippen MR) is 207 cm³/mol. The number of rotatable bonds is 26. The van der Waals surface area contributed by atoms with Crippen molar-refractivity contribution >= 4 is 18.4 Å². The van der Waals surface area contributed by atoms with Gasteiger partial charge in [-0.25, -0.2) is 0 Å². The molecule has 0 spiro atoms. The molecule has 2 aliphatic heterocycles. The molecule has 2 aliphatic rings. The van der Waals surface area contributed by atoms with E-state index >= 15 is 0 Å². The summed E-state index contributed by atoms with van der Waals surface area (Å²) in [5.41, 5.74) is 0.984. The van der Waals surface area contributed by atoms with Crippen molar-refractivity contribution in [1.82, 2.24) is 0 Å². The molecule has 0 amide bonds. The highest BCUT2D eigenvalue weighted by molar-refractivity contribution is 7.86. The van der Waals surface area contributed by atoms with Gasteiger partial charge in [0.1, 0.15) is 19.0 Å². The zero-order valence-corrected chi connectivity index (χ0v) is 35.2. The first-order valence-electron chi connectivity index (χ1n) is 20.0. The van der Waals surface area contributed by atoms with Crippen LogP contribution in [0.25, 0.3) is 0 Å². The van der Waals surface area contributed by atoms with Crippen LogP contribution in [0, 0.1) is 6.92 Å². The van der Waals surface area contributed by atoms with Crippen LogP contribution < -0.4 is 0 Å². The summed E-state index contributed by atoms with van der Waals surface area (Å²) in [7, 11) is -4.01. The summed E-state index contributed by atoms with van der Waals surface area (Å²) < 4.78 is 62.5. The van der Waals surface area contributed by atoms with E-state index in [2.05, 4.69) is 33.9 Å². The second-order valence-corrected chi connectivity index (χ2v) is 23.0. The van der Waals surface area contributed by atoms with Crippen LogP contribution in [-0.4, -0.2) is 96.8 Å². The molecule has 0 aliphatic carbocycles. The van der Waals surface area contributed by atoms with E-state index in [9.17, 15) is 18.6 Å². The number of benzene rings is 1. The first-order valence-corrected chi connectivity index (χ1v) is 24.3. The maximum Gasteiger partial charge on any atom is 0.297 e. The van der Waals surface area contributed by atoms with Gasteiger partial charge in [0.25, 0.3) is 10.1 Å². The van der Waals surface area contributed by atoms with Gasteiger partial charge in [-0.15, -0.1) is 0 Å². The zero-order chi connectivity index (χ0) is 38.2. The third kappa shape index (κ3) is 15.3. The van der Waals surface area contributed by atoms with Gasteiger partial charge in [0.05, 0.1) is 42.0 Å². The van der Waals surface area contributed by atoms with E-state index in [1.807, 2.05) is 6.92 Å². The number of aliphatic hydroxyl groups is 2. The Balaban J connectivity index is 1.38. The van der Waals surface area contributed by atoms with Crippen molar-refractivity contribution in [3.63, 3.8) is 0 Å². The SMILES string of the molecule is COCO[C@H](CCCCCCCCCC[C@@H](OS(=O)(=O)c1ccc(C)cc1)[C@H]1CC[C@H]([C@H]2CC[C@H]([C@@H](O)CO)O2)O1)CCCO[Si](C)(C)C(C)(C)C. The normalized spacial score (nSPS) is 23.2. The predicted octanol–water partition coefficient (Wildman–Crippen LogP) is 8.21. The van der Waals surface area contributed by atoms with Crippen molar-refractivity contribution in [1.29, 1.82) is 0 Å². The number of unbranched alkanes of at least 4 members (excludes halogenated alkanes) is 7. The second kappa shape index (κ2) is 22.6. The van der Waals surface area contributed by atoms with Crippen LogP contribution in [0.1, 0.15) is 129 Å². The summed E-state index contributed by atoms with van der Waals surface area (Å²) in [5, 5.41) is 19.6. The third-order valence-electron chi connectivity index (χ3n) is 11.3. The fraction of sp³-hybridized carbons (Fsp3) is 0.850. The van der Waals surface area contributed by atoms with Crippen molar-refractivity contribution in [2.24, 2.45) is 0 Å². The molecule has 1 aromatic carbocycles. The topological polar surface area (TPSA) is 130 Å². The average Bonchev–Trinajstić information content (AvgIpc) is 3.79. The molecule has 0 unspecified atom stereocenters. The summed E-state index contributed by atoms with van der Waals surface area (Å²) in [4.78, 5) is 0.157. The Labute approximate surface area is 316 Å². The first kappa shape index (κ1) is 45.5. The molecule has 12 heteroatoms. The molecule has 2 N–H and O–H groups in total. The van der Waals surface area contributed by atoms with Crippen molar-refractivity contribution < 1.29 is 46.2 Å². The molecule has 2 fully saturated rings. The lowest BCUT2D eigenvalue weighted by Crippen LogP contribution is -2.41. The first-order chi connectivity index (χ1) is 24.7. The Morgan fingerprint density at radius 3 is 1.94 bits per heavy atom. The number of hydrogen-bond donors (Lipinski definition) is 2. The molecule has 0 bridgehead atoms. The number of aliphatic hydroxyl groups excluding tert-OH is 2. The molecule has 1 aromatic rings. The summed E-state index contributed by atoms with van der Waals surface area (Å²) in [6.45, 7) is 14.1. The van der Waals surface area contributed by atoms with Crippen LogP contribution in [0.5, 0.6) is 0 Å². The van der Waals surface area contributed by atoms with Crippen LogP contribution >= 0.6 is 0 Å². The van der Waals surface area contributed by atoms with Crippen molar-refractivity contribution in [2.45, 2.75) is 196 Å². The Hall–Kier alpha value is -0.933. The highest BCUT2D eigenvalue weighted by Crippen LogP contribution is 2.37. The fourth-order valence-electron chi connectivity index (χ4n) is 6.93. The zero-order valence-electron chi connectivity index (χ0n) is 33.4. The minimum atomic E-state index is -3.96. The van der Waals surface area contributed by atoms with Gasteiger partial charge in [-0.05, 0) is 88.6 Å². The summed E-state index contributed by atoms with van der Waals surface area (Å²) in [6.07, 6.45) is 12.9. The highest BCUT2D eigenvalue weighted by atomic mass is 32.2. The van der Waals surface area contributed by atoms with E-state index in [-0.39, 0.29) is 41.0 Å². The Bertz CT molecular complexity index is 1220. The Kier molecular flexibility index (Phi) is 19.7. The number of methoxy groups -OCH3 is 1. The Morgan fingerprint density at radius 2 is 1.37 bits per heavy atom. The van der Waals surface area contributed by atoms with E-state index in [1.165, 1.54) is 19.3 Å². The van der Waals surface area contributed by atoms with Gasteiger partial charge >= 0.3 is 0 Å². The lowest BCUT2D eigenvalue weighted by atomic mass is 10.0. The largest absolute Gasteiger partial charge is 0.417 e. The van der Waals surface area contributed by atoms with E-state index < -0.39 is 36.7 Å². The van der Waals surface area contributed by atoms with Crippen LogP contribution in [0.15, 0.2) is 29.2 Å². The molecule has 0 saturated carbocycles. The Morgan fingerprint density at radius 1 is 0.827 bits per heavy atom. The lowest BCUT2D eigenvalue weighted by molar-refractivity contribution is -0.111. The van der Waals surface area contributed by atoms with Crippen LogP contribution in [-0.2, 0) is 37.7 Å².